The highest BCUT2D eigenvalue weighted by Gasteiger charge is 2.26. The first-order valence-electron chi connectivity index (χ1n) is 9.15. The van der Waals surface area contributed by atoms with Crippen molar-refractivity contribution in [2.24, 2.45) is 21.1 Å². The first-order valence-corrected chi connectivity index (χ1v) is 9.15. The van der Waals surface area contributed by atoms with Crippen LogP contribution < -0.4 is 13.7 Å². The van der Waals surface area contributed by atoms with Gasteiger partial charge in [0.1, 0.15) is 21.1 Å². The van der Waals surface area contributed by atoms with Crippen molar-refractivity contribution in [2.75, 3.05) is 0 Å². The van der Waals surface area contributed by atoms with Gasteiger partial charge in [-0.2, -0.15) is 13.7 Å². The van der Waals surface area contributed by atoms with Crippen LogP contribution in [0.2, 0.25) is 0 Å². The van der Waals surface area contributed by atoms with Gasteiger partial charge in [0.2, 0.25) is 0 Å². The van der Waals surface area contributed by atoms with E-state index in [1.54, 1.807) is 0 Å². The molecular weight excluding hydrogens is 330 g/mol. The Bertz CT molecular complexity index is 1100. The molecule has 132 valence electrons. The Morgan fingerprint density at radius 2 is 1.11 bits per heavy atom. The molecule has 4 rings (SSSR count). The van der Waals surface area contributed by atoms with Crippen LogP contribution in [-0.2, 0) is 21.1 Å². The summed E-state index contributed by atoms with van der Waals surface area (Å²) < 4.78 is 6.59. The van der Waals surface area contributed by atoms with Gasteiger partial charge < -0.3 is 0 Å². The molecule has 0 fully saturated rings. The molecule has 1 aromatic carbocycles. The van der Waals surface area contributed by atoms with E-state index in [0.717, 1.165) is 0 Å². The van der Waals surface area contributed by atoms with E-state index in [1.165, 1.54) is 33.9 Å². The number of rotatable bonds is 3. The predicted octanol–water partition coefficient (Wildman–Crippen LogP) is 3.16. The summed E-state index contributed by atoms with van der Waals surface area (Å²) in [5, 5.41) is 0. The lowest BCUT2D eigenvalue weighted by atomic mass is 10.0. The largest absolute Gasteiger partial charge is 0.277 e. The van der Waals surface area contributed by atoms with E-state index in [1.807, 2.05) is 0 Å². The molecule has 0 N–H and O–H groups in total. The lowest BCUT2D eigenvalue weighted by Crippen LogP contribution is -2.42. The van der Waals surface area contributed by atoms with Gasteiger partial charge in [-0.25, -0.2) is 0 Å². The highest BCUT2D eigenvalue weighted by Crippen LogP contribution is 2.23. The Kier molecular flexibility index (Phi) is 4.51. The summed E-state index contributed by atoms with van der Waals surface area (Å²) in [6.07, 6.45) is 4.21. The summed E-state index contributed by atoms with van der Waals surface area (Å²) in [6, 6.07) is 27.7. The summed E-state index contributed by atoms with van der Waals surface area (Å²) in [5.41, 5.74) is 7.17. The zero-order chi connectivity index (χ0) is 18.8. The lowest BCUT2D eigenvalue weighted by molar-refractivity contribution is -0.697. The van der Waals surface area contributed by atoms with E-state index in [9.17, 15) is 0 Å². The Balaban J connectivity index is 1.88. The summed E-state index contributed by atoms with van der Waals surface area (Å²) >= 11 is 0. The van der Waals surface area contributed by atoms with Crippen LogP contribution in [0, 0.1) is 0 Å². The molecule has 0 amide bonds. The smallest absolute Gasteiger partial charge is 0.196 e. The lowest BCUT2D eigenvalue weighted by Gasteiger charge is -2.05. The standard InChI is InChI=1S/C24H24N3/c1-25-16-8-7-12-21(25)22-13-9-14-23(27(22)3)24-18-20(15-17-26(24)2)19-10-5-4-6-11-19/h4-18H,1-3H3/q+3. The molecule has 3 heterocycles. The first-order chi connectivity index (χ1) is 13.1. The molecule has 4 aromatic rings. The maximum absolute atomic E-state index is 2.26. The third-order valence-corrected chi connectivity index (χ3v) is 5.07. The van der Waals surface area contributed by atoms with Gasteiger partial charge in [0.15, 0.2) is 12.4 Å². The molecule has 0 radical (unpaired) electrons. The highest BCUT2D eigenvalue weighted by atomic mass is 15.0. The molecule has 3 aromatic heterocycles. The molecule has 0 aliphatic heterocycles. The molecule has 3 nitrogen and oxygen atoms in total. The molecule has 0 bridgehead atoms. The maximum atomic E-state index is 2.26. The second-order valence-corrected chi connectivity index (χ2v) is 6.83. The van der Waals surface area contributed by atoms with Crippen LogP contribution in [-0.4, -0.2) is 0 Å². The van der Waals surface area contributed by atoms with Gasteiger partial charge in [0.05, 0.1) is 0 Å². The van der Waals surface area contributed by atoms with Crippen molar-refractivity contribution in [3.8, 4) is 33.9 Å². The van der Waals surface area contributed by atoms with Crippen LogP contribution in [0.3, 0.4) is 0 Å². The average molecular weight is 354 g/mol. The minimum atomic E-state index is 1.18. The number of aryl methyl sites for hydroxylation is 2. The number of benzene rings is 1. The number of hydrogen-bond acceptors (Lipinski definition) is 0. The van der Waals surface area contributed by atoms with Crippen molar-refractivity contribution in [2.45, 2.75) is 0 Å². The molecule has 0 spiro atoms. The van der Waals surface area contributed by atoms with Crippen LogP contribution in [0.25, 0.3) is 33.9 Å². The fourth-order valence-corrected chi connectivity index (χ4v) is 3.52. The van der Waals surface area contributed by atoms with E-state index in [4.69, 9.17) is 0 Å². The maximum Gasteiger partial charge on any atom is 0.277 e. The van der Waals surface area contributed by atoms with Gasteiger partial charge >= 0.3 is 0 Å². The molecule has 0 aliphatic rings. The van der Waals surface area contributed by atoms with Gasteiger partial charge in [-0.05, 0) is 23.3 Å². The molecule has 0 saturated carbocycles. The number of aromatic nitrogens is 3. The van der Waals surface area contributed by atoms with Crippen molar-refractivity contribution in [1.82, 2.24) is 0 Å². The average Bonchev–Trinajstić information content (AvgIpc) is 2.70. The van der Waals surface area contributed by atoms with Crippen LogP contribution in [0.4, 0.5) is 0 Å². The minimum Gasteiger partial charge on any atom is -0.196 e. The first kappa shape index (κ1) is 17.1. The van der Waals surface area contributed by atoms with Crippen LogP contribution in [0.15, 0.2) is 91.3 Å². The second kappa shape index (κ2) is 7.12. The highest BCUT2D eigenvalue weighted by molar-refractivity contribution is 5.67. The molecule has 27 heavy (non-hydrogen) atoms. The molecule has 0 saturated heterocycles. The molecule has 3 heteroatoms. The van der Waals surface area contributed by atoms with Gasteiger partial charge in [-0.15, -0.1) is 0 Å². The molecular formula is C24H24N3+3. The third-order valence-electron chi connectivity index (χ3n) is 5.07. The summed E-state index contributed by atoms with van der Waals surface area (Å²) in [7, 11) is 6.31. The Morgan fingerprint density at radius 1 is 0.481 bits per heavy atom. The number of hydrogen-bond donors (Lipinski definition) is 0. The van der Waals surface area contributed by atoms with Gasteiger partial charge in [0.25, 0.3) is 22.8 Å². The number of nitrogens with zero attached hydrogens (tertiary/aromatic N) is 3. The Hall–Kier alpha value is -3.33. The quantitative estimate of drug-likeness (QED) is 0.501. The van der Waals surface area contributed by atoms with Crippen LogP contribution >= 0.6 is 0 Å². The second-order valence-electron chi connectivity index (χ2n) is 6.83. The van der Waals surface area contributed by atoms with E-state index >= 15 is 0 Å². The topological polar surface area (TPSA) is 11.6 Å². The summed E-state index contributed by atoms with van der Waals surface area (Å²) in [4.78, 5) is 0. The van der Waals surface area contributed by atoms with Crippen molar-refractivity contribution in [3.05, 3.63) is 91.3 Å². The SMILES string of the molecule is C[n+]1ccccc1-c1cccc(-c2cc(-c3ccccc3)cc[n+]2C)[n+]1C. The van der Waals surface area contributed by atoms with Crippen molar-refractivity contribution in [3.63, 3.8) is 0 Å². The third kappa shape index (κ3) is 3.24. The molecule has 0 atom stereocenters. The van der Waals surface area contributed by atoms with E-state index in [0.29, 0.717) is 0 Å². The molecule has 0 unspecified atom stereocenters. The zero-order valence-electron chi connectivity index (χ0n) is 16.0. The van der Waals surface area contributed by atoms with Crippen LogP contribution in [0.5, 0.6) is 0 Å². The predicted molar refractivity (Wildman–Crippen MR) is 106 cm³/mol. The summed E-state index contributed by atoms with van der Waals surface area (Å²) in [6.45, 7) is 0. The summed E-state index contributed by atoms with van der Waals surface area (Å²) in [5.74, 6) is 0. The fraction of sp³-hybridized carbons (Fsp3) is 0.125. The monoisotopic (exact) mass is 354 g/mol. The van der Waals surface area contributed by atoms with Gasteiger partial charge in [0, 0.05) is 36.4 Å². The van der Waals surface area contributed by atoms with Crippen molar-refractivity contribution >= 4 is 0 Å². The molecule has 0 aliphatic carbocycles. The fourth-order valence-electron chi connectivity index (χ4n) is 3.52. The van der Waals surface area contributed by atoms with Gasteiger partial charge in [-0.3, -0.25) is 0 Å². The normalized spacial score (nSPS) is 10.8. The van der Waals surface area contributed by atoms with Crippen LogP contribution in [0.1, 0.15) is 0 Å². The van der Waals surface area contributed by atoms with E-state index in [-0.39, 0.29) is 0 Å². The Labute approximate surface area is 160 Å². The minimum absolute atomic E-state index is 1.18. The van der Waals surface area contributed by atoms with E-state index < -0.39 is 0 Å². The van der Waals surface area contributed by atoms with Crippen molar-refractivity contribution in [1.29, 1.82) is 0 Å². The Morgan fingerprint density at radius 3 is 1.85 bits per heavy atom. The number of pyridine rings is 3. The zero-order valence-corrected chi connectivity index (χ0v) is 16.0. The van der Waals surface area contributed by atoms with E-state index in [2.05, 4.69) is 126 Å². The van der Waals surface area contributed by atoms with Crippen molar-refractivity contribution < 1.29 is 13.7 Å². The van der Waals surface area contributed by atoms with Gasteiger partial charge in [-0.1, -0.05) is 30.3 Å².